The molecular formula is C15H18N2O2. The third-order valence-corrected chi connectivity index (χ3v) is 3.45. The lowest BCUT2D eigenvalue weighted by atomic mass is 9.99. The maximum atomic E-state index is 12.2. The van der Waals surface area contributed by atoms with Crippen LogP contribution in [0.3, 0.4) is 0 Å². The number of nitrogens with zero attached hydrogens (tertiary/aromatic N) is 2. The standard InChI is InChI=1S/C15H18N2O2/c1-19-14-6-2-4-12(8-14)9-15(18)17-7-3-5-13(10-16)11-17/h2,4,6,8,13H,3,5,7,9,11H2,1H3. The molecule has 0 aliphatic carbocycles. The summed E-state index contributed by atoms with van der Waals surface area (Å²) in [5, 5.41) is 8.94. The van der Waals surface area contributed by atoms with Crippen LogP contribution in [0.25, 0.3) is 0 Å². The number of rotatable bonds is 3. The predicted molar refractivity (Wildman–Crippen MR) is 71.6 cm³/mol. The highest BCUT2D eigenvalue weighted by molar-refractivity contribution is 5.79. The highest BCUT2D eigenvalue weighted by Crippen LogP contribution is 2.18. The fourth-order valence-electron chi connectivity index (χ4n) is 2.38. The number of ether oxygens (including phenoxy) is 1. The zero-order valence-electron chi connectivity index (χ0n) is 11.1. The van der Waals surface area contributed by atoms with Crippen LogP contribution in [0.2, 0.25) is 0 Å². The molecule has 1 heterocycles. The van der Waals surface area contributed by atoms with Gasteiger partial charge < -0.3 is 9.64 Å². The van der Waals surface area contributed by atoms with E-state index < -0.39 is 0 Å². The lowest BCUT2D eigenvalue weighted by Gasteiger charge is -2.29. The molecule has 1 unspecified atom stereocenters. The molecule has 1 fully saturated rings. The van der Waals surface area contributed by atoms with Crippen LogP contribution in [0, 0.1) is 17.2 Å². The summed E-state index contributed by atoms with van der Waals surface area (Å²) in [7, 11) is 1.61. The van der Waals surface area contributed by atoms with Gasteiger partial charge in [-0.2, -0.15) is 5.26 Å². The van der Waals surface area contributed by atoms with Gasteiger partial charge in [-0.3, -0.25) is 4.79 Å². The Hall–Kier alpha value is -2.02. The van der Waals surface area contributed by atoms with Gasteiger partial charge in [-0.05, 0) is 30.5 Å². The van der Waals surface area contributed by atoms with Crippen LogP contribution < -0.4 is 4.74 Å². The van der Waals surface area contributed by atoms with E-state index in [-0.39, 0.29) is 11.8 Å². The van der Waals surface area contributed by atoms with Crippen LogP contribution in [-0.4, -0.2) is 31.0 Å². The van der Waals surface area contributed by atoms with Crippen molar-refractivity contribution in [3.8, 4) is 11.8 Å². The Kier molecular flexibility index (Phi) is 4.40. The third-order valence-electron chi connectivity index (χ3n) is 3.45. The molecular weight excluding hydrogens is 240 g/mol. The zero-order valence-corrected chi connectivity index (χ0v) is 11.1. The van der Waals surface area contributed by atoms with Gasteiger partial charge in [0.2, 0.25) is 5.91 Å². The number of piperidine rings is 1. The van der Waals surface area contributed by atoms with Crippen molar-refractivity contribution < 1.29 is 9.53 Å². The molecule has 4 heteroatoms. The summed E-state index contributed by atoms with van der Waals surface area (Å²) in [5.74, 6) is 0.843. The normalized spacial score (nSPS) is 18.7. The first-order valence-corrected chi connectivity index (χ1v) is 6.53. The SMILES string of the molecule is COc1cccc(CC(=O)N2CCCC(C#N)C2)c1. The second kappa shape index (κ2) is 6.24. The van der Waals surface area contributed by atoms with Gasteiger partial charge in [0.15, 0.2) is 0 Å². The number of amides is 1. The first-order valence-electron chi connectivity index (χ1n) is 6.53. The molecule has 1 amide bonds. The summed E-state index contributed by atoms with van der Waals surface area (Å²) in [6.45, 7) is 1.33. The van der Waals surface area contributed by atoms with Crippen LogP contribution in [0.5, 0.6) is 5.75 Å². The molecule has 0 bridgehead atoms. The maximum absolute atomic E-state index is 12.2. The lowest BCUT2D eigenvalue weighted by molar-refractivity contribution is -0.131. The summed E-state index contributed by atoms with van der Waals surface area (Å²) < 4.78 is 5.15. The fourth-order valence-corrected chi connectivity index (χ4v) is 2.38. The Morgan fingerprint density at radius 1 is 1.58 bits per heavy atom. The van der Waals surface area contributed by atoms with Crippen molar-refractivity contribution >= 4 is 5.91 Å². The minimum absolute atomic E-state index is 0.0111. The van der Waals surface area contributed by atoms with Gasteiger partial charge in [0.1, 0.15) is 5.75 Å². The Balaban J connectivity index is 1.98. The molecule has 100 valence electrons. The predicted octanol–water partition coefficient (Wildman–Crippen LogP) is 2.00. The second-order valence-electron chi connectivity index (χ2n) is 4.84. The van der Waals surface area contributed by atoms with Crippen molar-refractivity contribution in [3.05, 3.63) is 29.8 Å². The number of nitriles is 1. The molecule has 1 aromatic rings. The quantitative estimate of drug-likeness (QED) is 0.833. The van der Waals surface area contributed by atoms with Crippen LogP contribution in [0.4, 0.5) is 0 Å². The van der Waals surface area contributed by atoms with E-state index in [9.17, 15) is 4.79 Å². The molecule has 19 heavy (non-hydrogen) atoms. The molecule has 1 aliphatic rings. The minimum Gasteiger partial charge on any atom is -0.497 e. The van der Waals surface area contributed by atoms with Crippen molar-refractivity contribution in [2.24, 2.45) is 5.92 Å². The van der Waals surface area contributed by atoms with E-state index >= 15 is 0 Å². The average Bonchev–Trinajstić information content (AvgIpc) is 2.47. The number of carbonyl (C=O) groups excluding carboxylic acids is 1. The first kappa shape index (κ1) is 13.4. The van der Waals surface area contributed by atoms with E-state index in [1.807, 2.05) is 24.3 Å². The first-order chi connectivity index (χ1) is 9.22. The van der Waals surface area contributed by atoms with Gasteiger partial charge in [-0.1, -0.05) is 12.1 Å². The van der Waals surface area contributed by atoms with Gasteiger partial charge in [0, 0.05) is 13.1 Å². The van der Waals surface area contributed by atoms with Crippen LogP contribution in [0.15, 0.2) is 24.3 Å². The summed E-state index contributed by atoms with van der Waals surface area (Å²) in [5.41, 5.74) is 0.948. The Labute approximate surface area is 113 Å². The topological polar surface area (TPSA) is 53.3 Å². The van der Waals surface area contributed by atoms with Gasteiger partial charge in [-0.15, -0.1) is 0 Å². The molecule has 0 saturated carbocycles. The zero-order chi connectivity index (χ0) is 13.7. The molecule has 0 radical (unpaired) electrons. The Morgan fingerprint density at radius 3 is 3.16 bits per heavy atom. The molecule has 2 rings (SSSR count). The largest absolute Gasteiger partial charge is 0.497 e. The van der Waals surface area contributed by atoms with Crippen molar-refractivity contribution in [3.63, 3.8) is 0 Å². The number of likely N-dealkylation sites (tertiary alicyclic amines) is 1. The van der Waals surface area contributed by atoms with Crippen LogP contribution >= 0.6 is 0 Å². The average molecular weight is 258 g/mol. The number of methoxy groups -OCH3 is 1. The van der Waals surface area contributed by atoms with Crippen molar-refractivity contribution in [2.45, 2.75) is 19.3 Å². The van der Waals surface area contributed by atoms with Gasteiger partial charge >= 0.3 is 0 Å². The number of hydrogen-bond acceptors (Lipinski definition) is 3. The summed E-state index contributed by atoms with van der Waals surface area (Å²) >= 11 is 0. The van der Waals surface area contributed by atoms with E-state index in [2.05, 4.69) is 6.07 Å². The van der Waals surface area contributed by atoms with Gasteiger partial charge in [0.05, 0.1) is 25.5 Å². The molecule has 0 N–H and O–H groups in total. The van der Waals surface area contributed by atoms with Crippen molar-refractivity contribution in [1.82, 2.24) is 4.90 Å². The third kappa shape index (κ3) is 3.47. The summed E-state index contributed by atoms with van der Waals surface area (Å²) in [6, 6.07) is 9.80. The highest BCUT2D eigenvalue weighted by atomic mass is 16.5. The Bertz CT molecular complexity index is 493. The lowest BCUT2D eigenvalue weighted by Crippen LogP contribution is -2.40. The maximum Gasteiger partial charge on any atom is 0.227 e. The van der Waals surface area contributed by atoms with E-state index in [0.717, 1.165) is 30.7 Å². The smallest absolute Gasteiger partial charge is 0.227 e. The fraction of sp³-hybridized carbons (Fsp3) is 0.467. The monoisotopic (exact) mass is 258 g/mol. The molecule has 1 atom stereocenters. The molecule has 1 saturated heterocycles. The highest BCUT2D eigenvalue weighted by Gasteiger charge is 2.23. The minimum atomic E-state index is -0.0111. The van der Waals surface area contributed by atoms with E-state index in [4.69, 9.17) is 10.00 Å². The molecule has 4 nitrogen and oxygen atoms in total. The van der Waals surface area contributed by atoms with E-state index in [0.29, 0.717) is 13.0 Å². The van der Waals surface area contributed by atoms with Crippen molar-refractivity contribution in [1.29, 1.82) is 5.26 Å². The van der Waals surface area contributed by atoms with Gasteiger partial charge in [0.25, 0.3) is 0 Å². The molecule has 0 spiro atoms. The second-order valence-corrected chi connectivity index (χ2v) is 4.84. The number of benzene rings is 1. The van der Waals surface area contributed by atoms with Crippen LogP contribution in [-0.2, 0) is 11.2 Å². The molecule has 1 aliphatic heterocycles. The van der Waals surface area contributed by atoms with Crippen LogP contribution in [0.1, 0.15) is 18.4 Å². The Morgan fingerprint density at radius 2 is 2.42 bits per heavy atom. The summed E-state index contributed by atoms with van der Waals surface area (Å²) in [4.78, 5) is 14.0. The van der Waals surface area contributed by atoms with Crippen molar-refractivity contribution in [2.75, 3.05) is 20.2 Å². The molecule has 0 aromatic heterocycles. The number of hydrogen-bond donors (Lipinski definition) is 0. The van der Waals surface area contributed by atoms with Gasteiger partial charge in [-0.25, -0.2) is 0 Å². The summed E-state index contributed by atoms with van der Waals surface area (Å²) in [6.07, 6.45) is 2.19. The molecule has 1 aromatic carbocycles. The van der Waals surface area contributed by atoms with E-state index in [1.165, 1.54) is 0 Å². The number of carbonyl (C=O) groups is 1. The van der Waals surface area contributed by atoms with E-state index in [1.54, 1.807) is 12.0 Å².